The summed E-state index contributed by atoms with van der Waals surface area (Å²) >= 11 is 0. The van der Waals surface area contributed by atoms with Gasteiger partial charge in [-0.25, -0.2) is 9.59 Å². The SMILES string of the molecule is CCCCC#Cc1cc(C(=O)NC2CCCCC2)c2c(C(=O)NC3CCCCC3)ccc3c4c(C#CCCCC#N)cc(C(=O)O)c5c(C(=O)O)ccc(c1c23)c54. The number of benzene rings is 5. The van der Waals surface area contributed by atoms with E-state index < -0.39 is 11.9 Å². The van der Waals surface area contributed by atoms with Crippen LogP contribution in [0.1, 0.15) is 162 Å². The van der Waals surface area contributed by atoms with Crippen molar-refractivity contribution in [2.75, 3.05) is 0 Å². The van der Waals surface area contributed by atoms with Crippen molar-refractivity contribution in [3.63, 3.8) is 0 Å². The number of rotatable bonds is 10. The van der Waals surface area contributed by atoms with E-state index in [0.29, 0.717) is 85.6 Å². The number of aromatic carboxylic acids is 2. The van der Waals surface area contributed by atoms with Gasteiger partial charge in [0.15, 0.2) is 0 Å². The molecule has 0 spiro atoms. The largest absolute Gasteiger partial charge is 0.478 e. The van der Waals surface area contributed by atoms with Crippen LogP contribution in [0.2, 0.25) is 0 Å². The van der Waals surface area contributed by atoms with E-state index in [-0.39, 0.29) is 40.4 Å². The van der Waals surface area contributed by atoms with Crippen LogP contribution in [0.4, 0.5) is 0 Å². The van der Waals surface area contributed by atoms with E-state index >= 15 is 0 Å². The summed E-state index contributed by atoms with van der Waals surface area (Å²) in [6.07, 6.45) is 13.5. The second-order valence-corrected chi connectivity index (χ2v) is 15.5. The molecule has 2 saturated carbocycles. The Morgan fingerprint density at radius 1 is 0.596 bits per heavy atom. The minimum absolute atomic E-state index is 0.00284. The molecule has 0 aliphatic heterocycles. The molecule has 0 saturated heterocycles. The van der Waals surface area contributed by atoms with Gasteiger partial charge in [-0.15, -0.1) is 0 Å². The molecule has 0 unspecified atom stereocenters. The van der Waals surface area contributed by atoms with E-state index in [2.05, 4.69) is 47.3 Å². The van der Waals surface area contributed by atoms with Crippen LogP contribution < -0.4 is 10.6 Å². The highest BCUT2D eigenvalue weighted by Crippen LogP contribution is 2.47. The maximum Gasteiger partial charge on any atom is 0.336 e. The number of nitriles is 1. The lowest BCUT2D eigenvalue weighted by atomic mass is 9.81. The van der Waals surface area contributed by atoms with Crippen LogP contribution in [0.5, 0.6) is 0 Å². The smallest absolute Gasteiger partial charge is 0.336 e. The molecule has 2 aliphatic rings. The first kappa shape index (κ1) is 39.1. The topological polar surface area (TPSA) is 157 Å². The molecular formula is C48H47N3O6. The Morgan fingerprint density at radius 3 is 1.58 bits per heavy atom. The molecule has 9 nitrogen and oxygen atoms in total. The van der Waals surface area contributed by atoms with E-state index in [0.717, 1.165) is 77.0 Å². The quantitative estimate of drug-likeness (QED) is 0.0478. The minimum Gasteiger partial charge on any atom is -0.478 e. The Labute approximate surface area is 332 Å². The zero-order chi connectivity index (χ0) is 40.1. The van der Waals surface area contributed by atoms with Crippen molar-refractivity contribution in [1.82, 2.24) is 10.6 Å². The van der Waals surface area contributed by atoms with Crippen LogP contribution in [0.15, 0.2) is 36.4 Å². The highest BCUT2D eigenvalue weighted by atomic mass is 16.4. The van der Waals surface area contributed by atoms with Gasteiger partial charge in [0.05, 0.1) is 17.2 Å². The van der Waals surface area contributed by atoms with Gasteiger partial charge in [0, 0.05) is 85.9 Å². The summed E-state index contributed by atoms with van der Waals surface area (Å²) in [5.41, 5.74) is 1.24. The molecule has 0 atom stereocenters. The highest BCUT2D eigenvalue weighted by molar-refractivity contribution is 6.40. The average Bonchev–Trinajstić information content (AvgIpc) is 3.21. The van der Waals surface area contributed by atoms with Gasteiger partial charge in [-0.1, -0.05) is 87.7 Å². The normalized spacial score (nSPS) is 14.8. The highest BCUT2D eigenvalue weighted by Gasteiger charge is 2.30. The molecule has 57 heavy (non-hydrogen) atoms. The number of unbranched alkanes of at least 4 members (excludes halogenated alkanes) is 4. The van der Waals surface area contributed by atoms with Gasteiger partial charge in [-0.2, -0.15) is 5.26 Å². The lowest BCUT2D eigenvalue weighted by Crippen LogP contribution is -2.37. The molecule has 5 aromatic carbocycles. The van der Waals surface area contributed by atoms with E-state index in [1.165, 1.54) is 12.1 Å². The van der Waals surface area contributed by atoms with Crippen molar-refractivity contribution in [2.24, 2.45) is 0 Å². The van der Waals surface area contributed by atoms with Crippen LogP contribution in [-0.4, -0.2) is 46.0 Å². The molecule has 9 heteroatoms. The second kappa shape index (κ2) is 17.4. The maximum absolute atomic E-state index is 14.7. The van der Waals surface area contributed by atoms with Gasteiger partial charge in [0.1, 0.15) is 0 Å². The maximum atomic E-state index is 14.7. The molecule has 0 bridgehead atoms. The van der Waals surface area contributed by atoms with Gasteiger partial charge in [0.25, 0.3) is 11.8 Å². The van der Waals surface area contributed by atoms with Crippen LogP contribution >= 0.6 is 0 Å². The zero-order valence-electron chi connectivity index (χ0n) is 32.4. The van der Waals surface area contributed by atoms with Crippen molar-refractivity contribution in [3.8, 4) is 29.8 Å². The molecule has 2 fully saturated rings. The predicted octanol–water partition coefficient (Wildman–Crippen LogP) is 9.85. The van der Waals surface area contributed by atoms with Crippen molar-refractivity contribution in [1.29, 1.82) is 5.26 Å². The van der Waals surface area contributed by atoms with Crippen molar-refractivity contribution < 1.29 is 29.4 Å². The van der Waals surface area contributed by atoms with E-state index in [1.54, 1.807) is 18.2 Å². The molecule has 4 N–H and O–H groups in total. The van der Waals surface area contributed by atoms with E-state index in [1.807, 2.05) is 6.07 Å². The Balaban J connectivity index is 1.64. The number of amides is 2. The molecular weight excluding hydrogens is 715 g/mol. The Morgan fingerprint density at radius 2 is 1.07 bits per heavy atom. The van der Waals surface area contributed by atoms with Gasteiger partial charge in [-0.05, 0) is 73.6 Å². The fourth-order valence-electron chi connectivity index (χ4n) is 8.88. The molecule has 2 amide bonds. The van der Waals surface area contributed by atoms with Gasteiger partial charge >= 0.3 is 11.9 Å². The number of carboxylic acid groups (broad SMARTS) is 2. The molecule has 0 aromatic heterocycles. The number of nitrogens with zero attached hydrogens (tertiary/aromatic N) is 1. The second-order valence-electron chi connectivity index (χ2n) is 15.5. The third-order valence-corrected chi connectivity index (χ3v) is 11.6. The molecule has 5 aromatic rings. The summed E-state index contributed by atoms with van der Waals surface area (Å²) in [5, 5.41) is 40.6. The minimum atomic E-state index is -1.30. The summed E-state index contributed by atoms with van der Waals surface area (Å²) in [4.78, 5) is 54.9. The molecule has 7 rings (SSSR count). The number of carbonyl (C=O) groups excluding carboxylic acids is 2. The number of nitrogens with one attached hydrogen (secondary N) is 2. The molecule has 0 heterocycles. The Hall–Kier alpha value is -6.11. The number of hydrogen-bond donors (Lipinski definition) is 4. The zero-order valence-corrected chi connectivity index (χ0v) is 32.4. The summed E-state index contributed by atoms with van der Waals surface area (Å²) < 4.78 is 0. The summed E-state index contributed by atoms with van der Waals surface area (Å²) in [6, 6.07) is 12.0. The van der Waals surface area contributed by atoms with Crippen LogP contribution in [0, 0.1) is 35.0 Å². The number of fused-ring (bicyclic) bond motifs is 2. The van der Waals surface area contributed by atoms with Crippen LogP contribution in [0.3, 0.4) is 0 Å². The average molecular weight is 762 g/mol. The fourth-order valence-corrected chi connectivity index (χ4v) is 8.88. The first-order valence-corrected chi connectivity index (χ1v) is 20.4. The van der Waals surface area contributed by atoms with E-state index in [4.69, 9.17) is 5.26 Å². The van der Waals surface area contributed by atoms with Crippen molar-refractivity contribution in [2.45, 2.75) is 122 Å². The van der Waals surface area contributed by atoms with Crippen molar-refractivity contribution in [3.05, 3.63) is 69.8 Å². The fraction of sp³-hybridized carbons (Fsp3) is 0.396. The third-order valence-electron chi connectivity index (χ3n) is 11.6. The molecule has 290 valence electrons. The lowest BCUT2D eigenvalue weighted by Gasteiger charge is -2.26. The summed E-state index contributed by atoms with van der Waals surface area (Å²) in [6.45, 7) is 2.09. The standard InChI is InChI=1S/C48H47N3O6/c1-2-3-4-9-16-29-27-37(46(53)51-32-20-13-8-14-21-32)41-35(45(52)50-31-18-11-7-12-19-31)24-22-33-40-30(17-10-5-6-15-26-49)28-38(48(56)57)42-36(47(54)55)25-23-34(44(40)42)39(29)43(33)41/h22-25,27-28,31-32H,2-8,11-15,18-21H2,1H3,(H,50,52)(H,51,53)(H,54,55)(H,56,57). The van der Waals surface area contributed by atoms with Gasteiger partial charge in [-0.3, -0.25) is 9.59 Å². The van der Waals surface area contributed by atoms with Gasteiger partial charge < -0.3 is 20.8 Å². The summed E-state index contributed by atoms with van der Waals surface area (Å²) in [7, 11) is 0. The first-order chi connectivity index (χ1) is 27.7. The Bertz CT molecular complexity index is 2580. The number of carbonyl (C=O) groups is 4. The first-order valence-electron chi connectivity index (χ1n) is 20.4. The van der Waals surface area contributed by atoms with Crippen molar-refractivity contribution >= 4 is 66.8 Å². The monoisotopic (exact) mass is 761 g/mol. The third kappa shape index (κ3) is 7.83. The number of hydrogen-bond acceptors (Lipinski definition) is 5. The predicted molar refractivity (Wildman–Crippen MR) is 223 cm³/mol. The molecule has 2 aliphatic carbocycles. The van der Waals surface area contributed by atoms with Crippen LogP contribution in [0.25, 0.3) is 43.1 Å². The Kier molecular flexibility index (Phi) is 11.9. The van der Waals surface area contributed by atoms with Crippen LogP contribution in [-0.2, 0) is 0 Å². The number of carboxylic acids is 2. The van der Waals surface area contributed by atoms with Gasteiger partial charge in [0.2, 0.25) is 0 Å². The summed E-state index contributed by atoms with van der Waals surface area (Å²) in [5.74, 6) is 9.84. The lowest BCUT2D eigenvalue weighted by molar-refractivity contribution is 0.0695. The van der Waals surface area contributed by atoms with E-state index in [9.17, 15) is 29.4 Å². The molecule has 0 radical (unpaired) electrons.